The van der Waals surface area contributed by atoms with Gasteiger partial charge in [-0.25, -0.2) is 4.79 Å². The Hall–Kier alpha value is -1.31. The Labute approximate surface area is 115 Å². The highest BCUT2D eigenvalue weighted by molar-refractivity contribution is 5.93. The van der Waals surface area contributed by atoms with Gasteiger partial charge < -0.3 is 14.4 Å². The van der Waals surface area contributed by atoms with Gasteiger partial charge in [-0.05, 0) is 0 Å². The van der Waals surface area contributed by atoms with E-state index in [1.807, 2.05) is 18.7 Å². The number of carbonyl (C=O) groups excluding carboxylic acids is 1. The van der Waals surface area contributed by atoms with Crippen LogP contribution >= 0.6 is 0 Å². The quantitative estimate of drug-likeness (QED) is 0.593. The predicted molar refractivity (Wildman–Crippen MR) is 66.7 cm³/mol. The number of carbonyl (C=O) groups is 1. The number of hydrogen-bond donors (Lipinski definition) is 0. The first kappa shape index (κ1) is 16.7. The number of morpholine rings is 1. The molecule has 116 valence electrons. The highest BCUT2D eigenvalue weighted by Crippen LogP contribution is 2.19. The SMILES string of the molecule is CC(C)C(=NC(=O)OCCC(F)(F)F)N1CCOCC1. The molecule has 0 aliphatic carbocycles. The fourth-order valence-electron chi connectivity index (χ4n) is 1.74. The Morgan fingerprint density at radius 1 is 1.35 bits per heavy atom. The summed E-state index contributed by atoms with van der Waals surface area (Å²) in [5.41, 5.74) is 0. The molecule has 1 fully saturated rings. The molecule has 0 saturated carbocycles. The van der Waals surface area contributed by atoms with E-state index in [0.717, 1.165) is 0 Å². The Morgan fingerprint density at radius 3 is 2.45 bits per heavy atom. The maximum absolute atomic E-state index is 11.9. The monoisotopic (exact) mass is 296 g/mol. The first-order chi connectivity index (χ1) is 9.29. The largest absolute Gasteiger partial charge is 0.448 e. The van der Waals surface area contributed by atoms with Crippen molar-refractivity contribution in [3.63, 3.8) is 0 Å². The summed E-state index contributed by atoms with van der Waals surface area (Å²) in [7, 11) is 0. The fourth-order valence-corrected chi connectivity index (χ4v) is 1.74. The molecule has 1 rings (SSSR count). The number of halogens is 3. The summed E-state index contributed by atoms with van der Waals surface area (Å²) in [4.78, 5) is 17.1. The van der Waals surface area contributed by atoms with Crippen molar-refractivity contribution in [1.29, 1.82) is 0 Å². The van der Waals surface area contributed by atoms with Gasteiger partial charge in [0.25, 0.3) is 0 Å². The van der Waals surface area contributed by atoms with E-state index in [9.17, 15) is 18.0 Å². The topological polar surface area (TPSA) is 51.1 Å². The fraction of sp³-hybridized carbons (Fsp3) is 0.833. The van der Waals surface area contributed by atoms with Crippen LogP contribution in [0.5, 0.6) is 0 Å². The van der Waals surface area contributed by atoms with E-state index in [0.29, 0.717) is 32.1 Å². The minimum absolute atomic E-state index is 0.0248. The summed E-state index contributed by atoms with van der Waals surface area (Å²) < 4.78 is 45.5. The maximum atomic E-state index is 11.9. The van der Waals surface area contributed by atoms with Gasteiger partial charge in [-0.3, -0.25) is 0 Å². The average Bonchev–Trinajstić information content (AvgIpc) is 2.35. The smallest absolute Gasteiger partial charge is 0.435 e. The lowest BCUT2D eigenvalue weighted by atomic mass is 10.1. The van der Waals surface area contributed by atoms with E-state index in [4.69, 9.17) is 4.74 Å². The van der Waals surface area contributed by atoms with Crippen LogP contribution in [0.2, 0.25) is 0 Å². The number of amides is 1. The maximum Gasteiger partial charge on any atom is 0.435 e. The van der Waals surface area contributed by atoms with Crippen LogP contribution < -0.4 is 0 Å². The van der Waals surface area contributed by atoms with Crippen molar-refractivity contribution in [2.75, 3.05) is 32.9 Å². The zero-order valence-electron chi connectivity index (χ0n) is 11.6. The molecule has 1 aliphatic rings. The first-order valence-electron chi connectivity index (χ1n) is 6.44. The predicted octanol–water partition coefficient (Wildman–Crippen LogP) is 2.46. The van der Waals surface area contributed by atoms with E-state index >= 15 is 0 Å². The van der Waals surface area contributed by atoms with Crippen LogP contribution in [-0.4, -0.2) is 55.9 Å². The highest BCUT2D eigenvalue weighted by atomic mass is 19.4. The van der Waals surface area contributed by atoms with Gasteiger partial charge in [0.15, 0.2) is 0 Å². The van der Waals surface area contributed by atoms with Crippen LogP contribution in [0.3, 0.4) is 0 Å². The van der Waals surface area contributed by atoms with E-state index in [1.165, 1.54) is 0 Å². The third-order valence-corrected chi connectivity index (χ3v) is 2.67. The molecule has 1 aliphatic heterocycles. The number of aliphatic imine (C=N–C) groups is 1. The molecule has 0 unspecified atom stereocenters. The second-order valence-corrected chi connectivity index (χ2v) is 4.70. The van der Waals surface area contributed by atoms with Crippen LogP contribution in [0, 0.1) is 5.92 Å². The van der Waals surface area contributed by atoms with Crippen molar-refractivity contribution in [2.24, 2.45) is 10.9 Å². The van der Waals surface area contributed by atoms with Gasteiger partial charge in [0.05, 0.1) is 19.6 Å². The molecule has 1 saturated heterocycles. The minimum atomic E-state index is -4.34. The van der Waals surface area contributed by atoms with Crippen LogP contribution in [0.4, 0.5) is 18.0 Å². The molecule has 8 heteroatoms. The van der Waals surface area contributed by atoms with Gasteiger partial charge >= 0.3 is 12.3 Å². The zero-order chi connectivity index (χ0) is 15.2. The summed E-state index contributed by atoms with van der Waals surface area (Å²) in [6.45, 7) is 5.29. The number of nitrogens with zero attached hydrogens (tertiary/aromatic N) is 2. The summed E-state index contributed by atoms with van der Waals surface area (Å²) >= 11 is 0. The summed E-state index contributed by atoms with van der Waals surface area (Å²) in [6, 6.07) is 0. The van der Waals surface area contributed by atoms with Gasteiger partial charge in [0.2, 0.25) is 0 Å². The summed E-state index contributed by atoms with van der Waals surface area (Å²) in [5, 5.41) is 0. The number of hydrogen-bond acceptors (Lipinski definition) is 3. The summed E-state index contributed by atoms with van der Waals surface area (Å²) in [6.07, 6.45) is -6.48. The number of rotatable bonds is 3. The van der Waals surface area contributed by atoms with Crippen molar-refractivity contribution in [3.8, 4) is 0 Å². The molecule has 5 nitrogen and oxygen atoms in total. The molecule has 0 aromatic rings. The first-order valence-corrected chi connectivity index (χ1v) is 6.44. The molecule has 0 bridgehead atoms. The van der Waals surface area contributed by atoms with Gasteiger partial charge in [-0.1, -0.05) is 13.8 Å². The van der Waals surface area contributed by atoms with Gasteiger partial charge in [-0.15, -0.1) is 0 Å². The third-order valence-electron chi connectivity index (χ3n) is 2.67. The van der Waals surface area contributed by atoms with Gasteiger partial charge in [0, 0.05) is 19.0 Å². The van der Waals surface area contributed by atoms with Crippen LogP contribution in [0.15, 0.2) is 4.99 Å². The van der Waals surface area contributed by atoms with Crippen molar-refractivity contribution < 1.29 is 27.4 Å². The standard InChI is InChI=1S/C12H19F3N2O3/c1-9(2)10(17-4-7-19-8-5-17)16-11(18)20-6-3-12(13,14)15/h9H,3-8H2,1-2H3. The van der Waals surface area contributed by atoms with Gasteiger partial charge in [0.1, 0.15) is 12.4 Å². The van der Waals surface area contributed by atoms with Crippen LogP contribution in [0.1, 0.15) is 20.3 Å². The molecule has 0 N–H and O–H groups in total. The third kappa shape index (κ3) is 6.23. The van der Waals surface area contributed by atoms with Crippen LogP contribution in [-0.2, 0) is 9.47 Å². The van der Waals surface area contributed by atoms with Crippen molar-refractivity contribution >= 4 is 11.9 Å². The lowest BCUT2D eigenvalue weighted by Gasteiger charge is -2.31. The molecule has 0 aromatic heterocycles. The van der Waals surface area contributed by atoms with E-state index in [-0.39, 0.29) is 5.92 Å². The van der Waals surface area contributed by atoms with E-state index in [2.05, 4.69) is 9.73 Å². The van der Waals surface area contributed by atoms with E-state index < -0.39 is 25.3 Å². The van der Waals surface area contributed by atoms with E-state index in [1.54, 1.807) is 0 Å². The van der Waals surface area contributed by atoms with Gasteiger partial charge in [-0.2, -0.15) is 18.2 Å². The molecule has 0 aromatic carbocycles. The lowest BCUT2D eigenvalue weighted by Crippen LogP contribution is -2.43. The normalized spacial score (nSPS) is 17.5. The zero-order valence-corrected chi connectivity index (χ0v) is 11.6. The van der Waals surface area contributed by atoms with Crippen molar-refractivity contribution in [3.05, 3.63) is 0 Å². The number of ether oxygens (including phenoxy) is 2. The lowest BCUT2D eigenvalue weighted by molar-refractivity contribution is -0.141. The molecule has 20 heavy (non-hydrogen) atoms. The molecular weight excluding hydrogens is 277 g/mol. The molecule has 0 radical (unpaired) electrons. The average molecular weight is 296 g/mol. The Balaban J connectivity index is 2.54. The summed E-state index contributed by atoms with van der Waals surface area (Å²) in [5.74, 6) is 0.494. The molecular formula is C12H19F3N2O3. The second kappa shape index (κ2) is 7.47. The minimum Gasteiger partial charge on any atom is -0.448 e. The Bertz CT molecular complexity index is 350. The number of amidine groups is 1. The second-order valence-electron chi connectivity index (χ2n) is 4.70. The molecule has 1 amide bonds. The Morgan fingerprint density at radius 2 is 1.95 bits per heavy atom. The van der Waals surface area contributed by atoms with Crippen molar-refractivity contribution in [2.45, 2.75) is 26.4 Å². The number of alkyl halides is 3. The molecule has 0 atom stereocenters. The highest BCUT2D eigenvalue weighted by Gasteiger charge is 2.27. The van der Waals surface area contributed by atoms with Crippen molar-refractivity contribution in [1.82, 2.24) is 4.90 Å². The molecule has 0 spiro atoms. The van der Waals surface area contributed by atoms with Crippen LogP contribution in [0.25, 0.3) is 0 Å². The molecule has 1 heterocycles. The Kier molecular flexibility index (Phi) is 6.25.